The molecule has 0 saturated carbocycles. The molecule has 1 aliphatic rings. The number of carbonyl (C=O) groups is 2. The first kappa shape index (κ1) is 24.8. The molecular formula is C22H22O12. The summed E-state index contributed by atoms with van der Waals surface area (Å²) in [4.78, 5) is 24.3. The average molecular weight is 478 g/mol. The fraction of sp³-hybridized carbons (Fsp3) is 0.273. The number of ether oxygens (including phenoxy) is 3. The van der Waals surface area contributed by atoms with Gasteiger partial charge < -0.3 is 50.0 Å². The fourth-order valence-electron chi connectivity index (χ4n) is 3.01. The van der Waals surface area contributed by atoms with E-state index in [1.54, 1.807) is 12.1 Å². The van der Waals surface area contributed by atoms with Gasteiger partial charge in [0.2, 0.25) is 6.29 Å². The van der Waals surface area contributed by atoms with Gasteiger partial charge in [0.05, 0.1) is 5.56 Å². The van der Waals surface area contributed by atoms with Crippen LogP contribution in [0.2, 0.25) is 0 Å². The maximum absolute atomic E-state index is 12.3. The maximum atomic E-state index is 12.3. The van der Waals surface area contributed by atoms with Crippen molar-refractivity contribution in [3.8, 4) is 23.0 Å². The van der Waals surface area contributed by atoms with Gasteiger partial charge >= 0.3 is 11.9 Å². The van der Waals surface area contributed by atoms with Crippen molar-refractivity contribution in [3.63, 3.8) is 0 Å². The highest BCUT2D eigenvalue weighted by Gasteiger charge is 2.46. The predicted octanol–water partition coefficient (Wildman–Crippen LogP) is -0.270. The summed E-state index contributed by atoms with van der Waals surface area (Å²) in [5, 5.41) is 67.9. The second kappa shape index (κ2) is 10.4. The third-order valence-corrected chi connectivity index (χ3v) is 4.89. The minimum absolute atomic E-state index is 0.0539. The average Bonchev–Trinajstić information content (AvgIpc) is 2.81. The number of aliphatic hydroxyl groups is 3. The first-order valence-corrected chi connectivity index (χ1v) is 9.86. The van der Waals surface area contributed by atoms with Crippen molar-refractivity contribution in [2.45, 2.75) is 30.7 Å². The second-order valence-electron chi connectivity index (χ2n) is 7.34. The van der Waals surface area contributed by atoms with Crippen LogP contribution >= 0.6 is 0 Å². The monoisotopic (exact) mass is 478 g/mol. The van der Waals surface area contributed by atoms with E-state index in [4.69, 9.17) is 14.2 Å². The summed E-state index contributed by atoms with van der Waals surface area (Å²) < 4.78 is 15.2. The van der Waals surface area contributed by atoms with E-state index >= 15 is 0 Å². The van der Waals surface area contributed by atoms with Crippen molar-refractivity contribution in [1.29, 1.82) is 0 Å². The molecule has 12 nitrogen and oxygen atoms in total. The fourth-order valence-corrected chi connectivity index (χ4v) is 3.01. The quantitative estimate of drug-likeness (QED) is 0.163. The van der Waals surface area contributed by atoms with Crippen LogP contribution in [0.25, 0.3) is 6.08 Å². The minimum atomic E-state index is -1.88. The van der Waals surface area contributed by atoms with Crippen LogP contribution in [-0.2, 0) is 19.0 Å². The van der Waals surface area contributed by atoms with E-state index in [2.05, 4.69) is 0 Å². The molecular weight excluding hydrogens is 456 g/mol. The summed E-state index contributed by atoms with van der Waals surface area (Å²) >= 11 is 0. The van der Waals surface area contributed by atoms with Crippen molar-refractivity contribution in [2.24, 2.45) is 0 Å². The van der Waals surface area contributed by atoms with Gasteiger partial charge in [0.15, 0.2) is 17.2 Å². The number of benzene rings is 2. The van der Waals surface area contributed by atoms with E-state index in [-0.39, 0.29) is 5.75 Å². The molecule has 1 heterocycles. The molecule has 1 fully saturated rings. The van der Waals surface area contributed by atoms with Crippen LogP contribution in [0.1, 0.15) is 15.9 Å². The van der Waals surface area contributed by atoms with Crippen molar-refractivity contribution in [3.05, 3.63) is 53.6 Å². The second-order valence-corrected chi connectivity index (χ2v) is 7.34. The summed E-state index contributed by atoms with van der Waals surface area (Å²) in [6, 6.07) is 7.53. The Morgan fingerprint density at radius 3 is 2.15 bits per heavy atom. The van der Waals surface area contributed by atoms with E-state index < -0.39 is 72.1 Å². The van der Waals surface area contributed by atoms with E-state index in [0.29, 0.717) is 5.56 Å². The first-order valence-electron chi connectivity index (χ1n) is 9.86. The van der Waals surface area contributed by atoms with Gasteiger partial charge in [-0.2, -0.15) is 0 Å². The molecule has 34 heavy (non-hydrogen) atoms. The Bertz CT molecular complexity index is 1040. The van der Waals surface area contributed by atoms with Crippen LogP contribution in [0.3, 0.4) is 0 Å². The molecule has 182 valence electrons. The van der Waals surface area contributed by atoms with Gasteiger partial charge in [-0.1, -0.05) is 12.1 Å². The molecule has 0 bridgehead atoms. The molecule has 0 aromatic heterocycles. The number of hydrogen-bond acceptors (Lipinski definition) is 12. The van der Waals surface area contributed by atoms with Crippen LogP contribution in [-0.4, -0.2) is 85.0 Å². The van der Waals surface area contributed by atoms with Gasteiger partial charge in [-0.25, -0.2) is 9.59 Å². The number of aliphatic hydroxyl groups excluding tert-OH is 3. The Balaban J connectivity index is 1.62. The molecule has 5 unspecified atom stereocenters. The molecule has 0 aliphatic carbocycles. The summed E-state index contributed by atoms with van der Waals surface area (Å²) in [7, 11) is 0. The lowest BCUT2D eigenvalue weighted by atomic mass is 9.99. The van der Waals surface area contributed by atoms with E-state index in [1.165, 1.54) is 18.2 Å². The topological polar surface area (TPSA) is 203 Å². The summed E-state index contributed by atoms with van der Waals surface area (Å²) in [5.41, 5.74) is 0.187. The number of phenols is 4. The highest BCUT2D eigenvalue weighted by Crippen LogP contribution is 2.36. The Hall–Kier alpha value is -3.84. The summed E-state index contributed by atoms with van der Waals surface area (Å²) in [5.74, 6) is -4.45. The maximum Gasteiger partial charge on any atom is 0.340 e. The summed E-state index contributed by atoms with van der Waals surface area (Å²) in [6.45, 7) is -0.571. The van der Waals surface area contributed by atoms with Gasteiger partial charge in [0.25, 0.3) is 0 Å². The van der Waals surface area contributed by atoms with Crippen LogP contribution in [0.4, 0.5) is 0 Å². The first-order chi connectivity index (χ1) is 16.1. The largest absolute Gasteiger partial charge is 0.508 e. The van der Waals surface area contributed by atoms with Gasteiger partial charge in [-0.15, -0.1) is 0 Å². The number of rotatable bonds is 6. The molecule has 7 N–H and O–H groups in total. The Kier molecular flexibility index (Phi) is 7.58. The molecule has 2 aromatic carbocycles. The molecule has 0 spiro atoms. The minimum Gasteiger partial charge on any atom is -0.508 e. The van der Waals surface area contributed by atoms with Crippen LogP contribution in [0, 0.1) is 0 Å². The standard InChI is InChI=1S/C22H22O12/c23-12-4-1-10(2-5-12)3-6-16(26)32-9-15-18(28)19(29)20(30)22(33-15)34-21(31)11-7-13(24)17(27)14(25)8-11/h1-8,15,18-20,22-25,27-30H,9H2. The SMILES string of the molecule is O=C(C=Cc1ccc(O)cc1)OCC1OC(OC(=O)c2cc(O)c(O)c(O)c2)C(O)C(O)C1O. The zero-order valence-corrected chi connectivity index (χ0v) is 17.4. The number of aromatic hydroxyl groups is 4. The molecule has 0 amide bonds. The highest BCUT2D eigenvalue weighted by atomic mass is 16.7. The van der Waals surface area contributed by atoms with Crippen molar-refractivity contribution < 1.29 is 59.5 Å². The Morgan fingerprint density at radius 2 is 1.53 bits per heavy atom. The highest BCUT2D eigenvalue weighted by molar-refractivity contribution is 5.91. The lowest BCUT2D eigenvalue weighted by molar-refractivity contribution is -0.285. The number of hydrogen-bond donors (Lipinski definition) is 7. The van der Waals surface area contributed by atoms with Crippen LogP contribution < -0.4 is 0 Å². The van der Waals surface area contributed by atoms with E-state index in [1.807, 2.05) is 0 Å². The normalized spacial score (nSPS) is 24.6. The Labute approximate surface area is 192 Å². The molecule has 12 heteroatoms. The molecule has 2 aromatic rings. The van der Waals surface area contributed by atoms with Gasteiger partial charge in [-0.05, 0) is 35.9 Å². The molecule has 5 atom stereocenters. The molecule has 3 rings (SSSR count). The third kappa shape index (κ3) is 5.74. The van der Waals surface area contributed by atoms with Crippen LogP contribution in [0.15, 0.2) is 42.5 Å². The van der Waals surface area contributed by atoms with Gasteiger partial charge in [0, 0.05) is 6.08 Å². The number of phenolic OH excluding ortho intramolecular Hbond substituents is 4. The van der Waals surface area contributed by atoms with E-state index in [0.717, 1.165) is 18.2 Å². The zero-order valence-electron chi connectivity index (χ0n) is 17.4. The molecule has 0 radical (unpaired) electrons. The lowest BCUT2D eigenvalue weighted by Gasteiger charge is -2.39. The third-order valence-electron chi connectivity index (χ3n) is 4.89. The predicted molar refractivity (Wildman–Crippen MR) is 112 cm³/mol. The van der Waals surface area contributed by atoms with Gasteiger partial charge in [-0.3, -0.25) is 0 Å². The Morgan fingerprint density at radius 1 is 0.912 bits per heavy atom. The van der Waals surface area contributed by atoms with Crippen molar-refractivity contribution in [2.75, 3.05) is 6.61 Å². The lowest BCUT2D eigenvalue weighted by Crippen LogP contribution is -2.59. The van der Waals surface area contributed by atoms with Crippen molar-refractivity contribution in [1.82, 2.24) is 0 Å². The molecule has 1 aliphatic heterocycles. The van der Waals surface area contributed by atoms with Crippen molar-refractivity contribution >= 4 is 18.0 Å². The molecule has 1 saturated heterocycles. The number of carbonyl (C=O) groups excluding carboxylic acids is 2. The zero-order chi connectivity index (χ0) is 25.0. The van der Waals surface area contributed by atoms with Gasteiger partial charge in [0.1, 0.15) is 36.8 Å². The van der Waals surface area contributed by atoms with Crippen LogP contribution in [0.5, 0.6) is 23.0 Å². The number of esters is 2. The van der Waals surface area contributed by atoms with E-state index in [9.17, 15) is 45.3 Å². The smallest absolute Gasteiger partial charge is 0.340 e. The summed E-state index contributed by atoms with van der Waals surface area (Å²) in [6.07, 6.45) is -6.10.